The minimum atomic E-state index is 0.115. The highest BCUT2D eigenvalue weighted by Gasteiger charge is 2.23. The first-order valence-electron chi connectivity index (χ1n) is 7.49. The van der Waals surface area contributed by atoms with Gasteiger partial charge in [0, 0.05) is 25.3 Å². The van der Waals surface area contributed by atoms with Gasteiger partial charge >= 0.3 is 0 Å². The number of carbonyl (C=O) groups excluding carboxylic acids is 1. The highest BCUT2D eigenvalue weighted by molar-refractivity contribution is 5.81. The summed E-state index contributed by atoms with van der Waals surface area (Å²) in [5.74, 6) is 0.115. The molecule has 0 saturated heterocycles. The third kappa shape index (κ3) is 4.85. The Kier molecular flexibility index (Phi) is 5.41. The molecule has 1 fully saturated rings. The Morgan fingerprint density at radius 2 is 2.00 bits per heavy atom. The lowest BCUT2D eigenvalue weighted by molar-refractivity contribution is -0.119. The number of amides is 1. The minimum Gasteiger partial charge on any atom is -0.365 e. The van der Waals surface area contributed by atoms with Crippen molar-refractivity contribution in [2.24, 2.45) is 0 Å². The summed E-state index contributed by atoms with van der Waals surface area (Å²) in [5.41, 5.74) is 2.35. The number of nitrogens with one attached hydrogen (secondary N) is 2. The van der Waals surface area contributed by atoms with E-state index in [0.717, 1.165) is 38.0 Å². The zero-order valence-corrected chi connectivity index (χ0v) is 12.5. The molecule has 1 aliphatic carbocycles. The van der Waals surface area contributed by atoms with Gasteiger partial charge in [0.1, 0.15) is 0 Å². The lowest BCUT2D eigenvalue weighted by Crippen LogP contribution is -2.36. The maximum Gasteiger partial charge on any atom is 0.239 e. The van der Waals surface area contributed by atoms with Gasteiger partial charge in [-0.1, -0.05) is 19.1 Å². The van der Waals surface area contributed by atoms with Crippen molar-refractivity contribution in [1.82, 2.24) is 10.6 Å². The largest absolute Gasteiger partial charge is 0.365 e. The molecule has 1 aliphatic rings. The quantitative estimate of drug-likeness (QED) is 0.712. The number of likely N-dealkylation sites (N-methyl/N-ethyl adjacent to an activating group) is 1. The van der Waals surface area contributed by atoms with E-state index in [-0.39, 0.29) is 5.91 Å². The van der Waals surface area contributed by atoms with E-state index < -0.39 is 0 Å². The zero-order valence-electron chi connectivity index (χ0n) is 12.5. The highest BCUT2D eigenvalue weighted by Crippen LogP contribution is 2.19. The third-order valence-electron chi connectivity index (χ3n) is 3.46. The van der Waals surface area contributed by atoms with Crippen LogP contribution in [0.1, 0.15) is 31.7 Å². The van der Waals surface area contributed by atoms with Crippen molar-refractivity contribution >= 4 is 11.6 Å². The second kappa shape index (κ2) is 7.29. The molecule has 2 rings (SSSR count). The SMILES string of the molecule is CCCNCc1ccc(N(C)CC(=O)NC2CC2)cc1. The van der Waals surface area contributed by atoms with E-state index in [9.17, 15) is 4.79 Å². The van der Waals surface area contributed by atoms with Gasteiger partial charge in [-0.25, -0.2) is 0 Å². The molecule has 0 aliphatic heterocycles. The molecule has 4 nitrogen and oxygen atoms in total. The molecule has 1 aromatic rings. The maximum absolute atomic E-state index is 11.8. The van der Waals surface area contributed by atoms with E-state index in [1.165, 1.54) is 5.56 Å². The fourth-order valence-electron chi connectivity index (χ4n) is 2.09. The van der Waals surface area contributed by atoms with Crippen molar-refractivity contribution in [1.29, 1.82) is 0 Å². The summed E-state index contributed by atoms with van der Waals surface area (Å²) in [6, 6.07) is 8.82. The van der Waals surface area contributed by atoms with Gasteiger partial charge in [-0.3, -0.25) is 4.79 Å². The van der Waals surface area contributed by atoms with E-state index in [0.29, 0.717) is 12.6 Å². The van der Waals surface area contributed by atoms with Crippen LogP contribution in [0.5, 0.6) is 0 Å². The average molecular weight is 275 g/mol. The third-order valence-corrected chi connectivity index (χ3v) is 3.46. The smallest absolute Gasteiger partial charge is 0.239 e. The summed E-state index contributed by atoms with van der Waals surface area (Å²) in [6.45, 7) is 4.53. The molecule has 0 heterocycles. The van der Waals surface area contributed by atoms with Crippen molar-refractivity contribution in [3.8, 4) is 0 Å². The highest BCUT2D eigenvalue weighted by atomic mass is 16.2. The lowest BCUT2D eigenvalue weighted by Gasteiger charge is -2.19. The molecule has 0 bridgehead atoms. The van der Waals surface area contributed by atoms with Crippen LogP contribution in [0.2, 0.25) is 0 Å². The molecule has 0 unspecified atom stereocenters. The molecule has 20 heavy (non-hydrogen) atoms. The molecular formula is C16H25N3O. The van der Waals surface area contributed by atoms with Crippen LogP contribution in [0.4, 0.5) is 5.69 Å². The minimum absolute atomic E-state index is 0.115. The van der Waals surface area contributed by atoms with E-state index >= 15 is 0 Å². The summed E-state index contributed by atoms with van der Waals surface area (Å²) in [7, 11) is 1.96. The molecule has 0 radical (unpaired) electrons. The van der Waals surface area contributed by atoms with Crippen LogP contribution >= 0.6 is 0 Å². The topological polar surface area (TPSA) is 44.4 Å². The van der Waals surface area contributed by atoms with Crippen molar-refractivity contribution in [2.45, 2.75) is 38.8 Å². The van der Waals surface area contributed by atoms with Gasteiger partial charge in [-0.05, 0) is 43.5 Å². The fraction of sp³-hybridized carbons (Fsp3) is 0.562. The standard InChI is InChI=1S/C16H25N3O/c1-3-10-17-11-13-4-8-15(9-5-13)19(2)12-16(20)18-14-6-7-14/h4-5,8-9,14,17H,3,6-7,10-12H2,1-2H3,(H,18,20). The van der Waals surface area contributed by atoms with Crippen LogP contribution in [-0.4, -0.2) is 32.1 Å². The van der Waals surface area contributed by atoms with Crippen molar-refractivity contribution in [3.63, 3.8) is 0 Å². The molecule has 4 heteroatoms. The van der Waals surface area contributed by atoms with Crippen LogP contribution in [-0.2, 0) is 11.3 Å². The molecular weight excluding hydrogens is 250 g/mol. The molecule has 0 atom stereocenters. The molecule has 1 aromatic carbocycles. The van der Waals surface area contributed by atoms with Crippen LogP contribution in [0.3, 0.4) is 0 Å². The van der Waals surface area contributed by atoms with E-state index in [1.54, 1.807) is 0 Å². The number of hydrogen-bond acceptors (Lipinski definition) is 3. The number of anilines is 1. The second-order valence-corrected chi connectivity index (χ2v) is 5.54. The number of hydrogen-bond donors (Lipinski definition) is 2. The first-order chi connectivity index (χ1) is 9.69. The van der Waals surface area contributed by atoms with E-state index in [2.05, 4.69) is 41.8 Å². The Balaban J connectivity index is 1.79. The van der Waals surface area contributed by atoms with Crippen LogP contribution in [0.15, 0.2) is 24.3 Å². The van der Waals surface area contributed by atoms with Gasteiger partial charge in [-0.2, -0.15) is 0 Å². The predicted molar refractivity (Wildman–Crippen MR) is 82.9 cm³/mol. The summed E-state index contributed by atoms with van der Waals surface area (Å²) < 4.78 is 0. The van der Waals surface area contributed by atoms with Crippen molar-refractivity contribution in [3.05, 3.63) is 29.8 Å². The second-order valence-electron chi connectivity index (χ2n) is 5.54. The Morgan fingerprint density at radius 1 is 1.30 bits per heavy atom. The average Bonchev–Trinajstić information content (AvgIpc) is 3.23. The molecule has 0 spiro atoms. The van der Waals surface area contributed by atoms with Gasteiger partial charge in [-0.15, -0.1) is 0 Å². The summed E-state index contributed by atoms with van der Waals surface area (Å²) >= 11 is 0. The lowest BCUT2D eigenvalue weighted by atomic mass is 10.2. The number of nitrogens with zero attached hydrogens (tertiary/aromatic N) is 1. The Bertz CT molecular complexity index is 426. The number of carbonyl (C=O) groups is 1. The van der Waals surface area contributed by atoms with E-state index in [1.807, 2.05) is 11.9 Å². The summed E-state index contributed by atoms with van der Waals surface area (Å²) in [5, 5.41) is 6.39. The van der Waals surface area contributed by atoms with Crippen molar-refractivity contribution < 1.29 is 4.79 Å². The Hall–Kier alpha value is -1.55. The zero-order chi connectivity index (χ0) is 14.4. The molecule has 1 amide bonds. The molecule has 0 aromatic heterocycles. The normalized spacial score (nSPS) is 14.1. The van der Waals surface area contributed by atoms with Crippen molar-refractivity contribution in [2.75, 3.05) is 25.0 Å². The summed E-state index contributed by atoms with van der Waals surface area (Å²) in [4.78, 5) is 13.7. The molecule has 2 N–H and O–H groups in total. The predicted octanol–water partition coefficient (Wildman–Crippen LogP) is 1.90. The first kappa shape index (κ1) is 14.9. The Labute approximate surface area is 121 Å². The van der Waals surface area contributed by atoms with Gasteiger partial charge in [0.2, 0.25) is 5.91 Å². The van der Waals surface area contributed by atoms with Gasteiger partial charge in [0.15, 0.2) is 0 Å². The van der Waals surface area contributed by atoms with Gasteiger partial charge in [0.25, 0.3) is 0 Å². The number of benzene rings is 1. The van der Waals surface area contributed by atoms with Crippen LogP contribution < -0.4 is 15.5 Å². The van der Waals surface area contributed by atoms with Gasteiger partial charge in [0.05, 0.1) is 6.54 Å². The fourth-order valence-corrected chi connectivity index (χ4v) is 2.09. The Morgan fingerprint density at radius 3 is 2.60 bits per heavy atom. The molecule has 1 saturated carbocycles. The monoisotopic (exact) mass is 275 g/mol. The van der Waals surface area contributed by atoms with Gasteiger partial charge < -0.3 is 15.5 Å². The molecule has 110 valence electrons. The van der Waals surface area contributed by atoms with E-state index in [4.69, 9.17) is 0 Å². The first-order valence-corrected chi connectivity index (χ1v) is 7.49. The number of rotatable bonds is 8. The van der Waals surface area contributed by atoms with Crippen LogP contribution in [0, 0.1) is 0 Å². The van der Waals surface area contributed by atoms with Crippen LogP contribution in [0.25, 0.3) is 0 Å². The summed E-state index contributed by atoms with van der Waals surface area (Å²) in [6.07, 6.45) is 3.42. The maximum atomic E-state index is 11.8.